The fraction of sp³-hybridized carbons (Fsp3) is 0.931. The molecule has 0 radical (unpaired) electrons. The average Bonchev–Trinajstić information content (AvgIpc) is 2.77. The lowest BCUT2D eigenvalue weighted by Gasteiger charge is -2.35. The first-order chi connectivity index (χ1) is 16.3. The molecule has 204 valence electrons. The molecule has 0 amide bonds. The van der Waals surface area contributed by atoms with Crippen molar-refractivity contribution in [2.24, 2.45) is 0 Å². The lowest BCUT2D eigenvalue weighted by Crippen LogP contribution is -2.45. The average molecular weight is 503 g/mol. The molecule has 0 bridgehead atoms. The summed E-state index contributed by atoms with van der Waals surface area (Å²) >= 11 is 0. The minimum absolute atomic E-state index is 0.336. The predicted octanol–water partition coefficient (Wildman–Crippen LogP) is 9.62. The highest BCUT2D eigenvalue weighted by atomic mass is 31.2. The Morgan fingerprint density at radius 2 is 1.09 bits per heavy atom. The Hall–Kier alpha value is -0.150. The largest absolute Gasteiger partial charge is 0.385 e. The zero-order valence-electron chi connectivity index (χ0n) is 23.7. The lowest BCUT2D eigenvalue weighted by atomic mass is 10.1. The fourth-order valence-corrected chi connectivity index (χ4v) is 6.61. The summed E-state index contributed by atoms with van der Waals surface area (Å²) in [7, 11) is 2.35. The Bertz CT molecular complexity index is 516. The molecule has 0 aliphatic carbocycles. The second-order valence-corrected chi connectivity index (χ2v) is 13.1. The van der Waals surface area contributed by atoms with Gasteiger partial charge in [-0.3, -0.25) is 4.57 Å². The van der Waals surface area contributed by atoms with E-state index in [0.29, 0.717) is 17.5 Å². The van der Waals surface area contributed by atoms with E-state index in [1.165, 1.54) is 103 Å². The normalized spacial score (nSPS) is 15.1. The zero-order chi connectivity index (χ0) is 25.5. The molecule has 0 aliphatic rings. The van der Waals surface area contributed by atoms with E-state index in [1.807, 2.05) is 21.1 Å². The van der Waals surface area contributed by atoms with Gasteiger partial charge in [-0.05, 0) is 38.5 Å². The van der Waals surface area contributed by atoms with Gasteiger partial charge in [0.05, 0.1) is 27.7 Å². The number of allylic oxidation sites excluding steroid dienone is 2. The van der Waals surface area contributed by atoms with E-state index in [-0.39, 0.29) is 5.78 Å². The molecular formula is C29H61NO3P+. The molecule has 1 N–H and O–H groups in total. The monoisotopic (exact) mass is 502 g/mol. The van der Waals surface area contributed by atoms with Crippen LogP contribution >= 0.6 is 7.60 Å². The van der Waals surface area contributed by atoms with Crippen LogP contribution in [0.3, 0.4) is 0 Å². The maximum absolute atomic E-state index is 12.7. The third kappa shape index (κ3) is 20.1. The first-order valence-corrected chi connectivity index (χ1v) is 16.3. The van der Waals surface area contributed by atoms with Gasteiger partial charge < -0.3 is 13.9 Å². The van der Waals surface area contributed by atoms with Gasteiger partial charge in [-0.1, -0.05) is 109 Å². The molecular weight excluding hydrogens is 441 g/mol. The molecule has 0 aromatic heterocycles. The van der Waals surface area contributed by atoms with Crippen LogP contribution in [-0.4, -0.2) is 42.9 Å². The number of hydrogen-bond acceptors (Lipinski definition) is 2. The van der Waals surface area contributed by atoms with Gasteiger partial charge in [0, 0.05) is 6.42 Å². The predicted molar refractivity (Wildman–Crippen MR) is 150 cm³/mol. The Morgan fingerprint density at radius 3 is 1.50 bits per heavy atom. The van der Waals surface area contributed by atoms with Crippen LogP contribution in [-0.2, 0) is 9.09 Å². The van der Waals surface area contributed by atoms with Crippen LogP contribution in [0.4, 0.5) is 0 Å². The third-order valence-corrected chi connectivity index (χ3v) is 9.01. The fourth-order valence-electron chi connectivity index (χ4n) is 4.58. The standard InChI is InChI=1S/C29H60NO3P/c1-6-8-9-10-11-12-13-14-15-16-17-18-19-20-21-22-23-24-25-26-28-33-34(31,32)29(27-7-2)30(3,4)5/h16-17,29H,6-15,18-28H2,1-5H3/p+1. The molecule has 0 aromatic carbocycles. The molecule has 34 heavy (non-hydrogen) atoms. The molecule has 0 heterocycles. The minimum atomic E-state index is -3.57. The Morgan fingerprint density at radius 1 is 0.676 bits per heavy atom. The topological polar surface area (TPSA) is 46.5 Å². The van der Waals surface area contributed by atoms with Gasteiger partial charge in [-0.25, -0.2) is 0 Å². The van der Waals surface area contributed by atoms with Crippen LogP contribution in [0.25, 0.3) is 0 Å². The molecule has 0 aliphatic heterocycles. The van der Waals surface area contributed by atoms with E-state index < -0.39 is 7.60 Å². The molecule has 0 aromatic rings. The molecule has 2 unspecified atom stereocenters. The van der Waals surface area contributed by atoms with E-state index in [2.05, 4.69) is 26.0 Å². The van der Waals surface area contributed by atoms with Crippen molar-refractivity contribution < 1.29 is 18.5 Å². The molecule has 4 nitrogen and oxygen atoms in total. The number of unbranched alkanes of at least 4 members (excludes halogenated alkanes) is 16. The van der Waals surface area contributed by atoms with Gasteiger partial charge in [0.15, 0.2) is 5.78 Å². The maximum Gasteiger partial charge on any atom is 0.385 e. The van der Waals surface area contributed by atoms with Crippen LogP contribution in [0.5, 0.6) is 0 Å². The van der Waals surface area contributed by atoms with Gasteiger partial charge in [0.2, 0.25) is 0 Å². The first-order valence-electron chi connectivity index (χ1n) is 14.7. The van der Waals surface area contributed by atoms with Crippen molar-refractivity contribution in [3.8, 4) is 0 Å². The first kappa shape index (κ1) is 33.8. The Labute approximate surface area is 214 Å². The van der Waals surface area contributed by atoms with Crippen LogP contribution in [0.15, 0.2) is 12.2 Å². The smallest absolute Gasteiger partial charge is 0.320 e. The van der Waals surface area contributed by atoms with Gasteiger partial charge in [-0.2, -0.15) is 0 Å². The van der Waals surface area contributed by atoms with E-state index >= 15 is 0 Å². The molecule has 0 saturated carbocycles. The van der Waals surface area contributed by atoms with E-state index in [0.717, 1.165) is 19.3 Å². The van der Waals surface area contributed by atoms with Crippen LogP contribution in [0.1, 0.15) is 142 Å². The maximum atomic E-state index is 12.7. The summed E-state index contributed by atoms with van der Waals surface area (Å²) in [5.41, 5.74) is 0. The molecule has 0 spiro atoms. The van der Waals surface area contributed by atoms with Crippen molar-refractivity contribution >= 4 is 7.60 Å². The van der Waals surface area contributed by atoms with Gasteiger partial charge in [0.1, 0.15) is 0 Å². The van der Waals surface area contributed by atoms with Gasteiger partial charge in [0.25, 0.3) is 0 Å². The molecule has 2 atom stereocenters. The molecule has 5 heteroatoms. The number of rotatable bonds is 25. The van der Waals surface area contributed by atoms with Crippen LogP contribution < -0.4 is 0 Å². The van der Waals surface area contributed by atoms with Crippen molar-refractivity contribution in [3.05, 3.63) is 12.2 Å². The second-order valence-electron chi connectivity index (χ2n) is 11.1. The summed E-state index contributed by atoms with van der Waals surface area (Å²) < 4.78 is 18.6. The van der Waals surface area contributed by atoms with Gasteiger partial charge >= 0.3 is 7.60 Å². The summed E-state index contributed by atoms with van der Waals surface area (Å²) in [4.78, 5) is 10.4. The highest BCUT2D eigenvalue weighted by Crippen LogP contribution is 2.51. The van der Waals surface area contributed by atoms with Crippen molar-refractivity contribution in [3.63, 3.8) is 0 Å². The van der Waals surface area contributed by atoms with Crippen LogP contribution in [0, 0.1) is 0 Å². The van der Waals surface area contributed by atoms with Crippen molar-refractivity contribution in [1.82, 2.24) is 0 Å². The zero-order valence-corrected chi connectivity index (χ0v) is 24.6. The summed E-state index contributed by atoms with van der Waals surface area (Å²) in [6, 6.07) is 0. The highest BCUT2D eigenvalue weighted by Gasteiger charge is 2.41. The molecule has 0 fully saturated rings. The quantitative estimate of drug-likeness (QED) is 0.0585. The lowest BCUT2D eigenvalue weighted by molar-refractivity contribution is -0.883. The summed E-state index contributed by atoms with van der Waals surface area (Å²) in [5, 5.41) is 0. The summed E-state index contributed by atoms with van der Waals surface area (Å²) in [5.74, 6) is -0.336. The van der Waals surface area contributed by atoms with E-state index in [1.54, 1.807) is 0 Å². The van der Waals surface area contributed by atoms with Crippen molar-refractivity contribution in [1.29, 1.82) is 0 Å². The number of quaternary nitrogens is 1. The highest BCUT2D eigenvalue weighted by molar-refractivity contribution is 7.53. The summed E-state index contributed by atoms with van der Waals surface area (Å²) in [6.45, 7) is 4.74. The molecule has 0 saturated heterocycles. The van der Waals surface area contributed by atoms with Crippen molar-refractivity contribution in [2.75, 3.05) is 27.7 Å². The molecule has 0 rings (SSSR count). The van der Waals surface area contributed by atoms with Crippen LogP contribution in [0.2, 0.25) is 0 Å². The number of hydrogen-bond donors (Lipinski definition) is 1. The SMILES string of the molecule is CCCCCCCCCCC=CCCCCCCCCCCOP(=O)(O)C(CCC)[N+](C)(C)C. The minimum Gasteiger partial charge on any atom is -0.320 e. The summed E-state index contributed by atoms with van der Waals surface area (Å²) in [6.07, 6.45) is 29.8. The second kappa shape index (κ2) is 22.1. The van der Waals surface area contributed by atoms with Crippen molar-refractivity contribution in [2.45, 2.75) is 148 Å². The Kier molecular flexibility index (Phi) is 22.0. The Balaban J connectivity index is 3.49. The number of nitrogens with zero attached hydrogens (tertiary/aromatic N) is 1. The van der Waals surface area contributed by atoms with E-state index in [4.69, 9.17) is 4.52 Å². The third-order valence-electron chi connectivity index (χ3n) is 6.75. The van der Waals surface area contributed by atoms with Gasteiger partial charge in [-0.15, -0.1) is 0 Å². The van der Waals surface area contributed by atoms with E-state index in [9.17, 15) is 9.46 Å².